The van der Waals surface area contributed by atoms with Crippen LogP contribution in [0.5, 0.6) is 0 Å². The number of ether oxygens (including phenoxy) is 1. The maximum atomic E-state index is 11.7. The number of aryl methyl sites for hydroxylation is 1. The van der Waals surface area contributed by atoms with Gasteiger partial charge in [0.05, 0.1) is 12.2 Å². The van der Waals surface area contributed by atoms with Crippen LogP contribution in [0.3, 0.4) is 0 Å². The van der Waals surface area contributed by atoms with Crippen molar-refractivity contribution >= 4 is 17.5 Å². The lowest BCUT2D eigenvalue weighted by atomic mass is 10.2. The molecule has 1 heterocycles. The Morgan fingerprint density at radius 2 is 2.29 bits per heavy atom. The molecule has 0 aromatic carbocycles. The molecule has 1 rings (SSSR count). The first-order chi connectivity index (χ1) is 8.24. The minimum absolute atomic E-state index is 0.0986. The van der Waals surface area contributed by atoms with Gasteiger partial charge in [0.1, 0.15) is 0 Å². The maximum Gasteiger partial charge on any atom is 0.252 e. The average Bonchev–Trinajstić information content (AvgIpc) is 2.33. The molecular formula is C12H17ClN2O2. The van der Waals surface area contributed by atoms with Crippen molar-refractivity contribution in [2.45, 2.75) is 13.3 Å². The van der Waals surface area contributed by atoms with Crippen molar-refractivity contribution in [3.05, 3.63) is 29.6 Å². The molecule has 0 saturated carbocycles. The minimum Gasteiger partial charge on any atom is -0.380 e. The summed E-state index contributed by atoms with van der Waals surface area (Å²) in [4.78, 5) is 15.6. The standard InChI is InChI=1S/C12H17ClN2O2/c1-10-7-11(9-14-8-10)12(16)15-4-2-5-17-6-3-13/h7-9H,2-6H2,1H3,(H,15,16). The predicted octanol–water partition coefficient (Wildman–Crippen LogP) is 1.77. The van der Waals surface area contributed by atoms with Crippen LogP contribution in [0, 0.1) is 6.92 Å². The summed E-state index contributed by atoms with van der Waals surface area (Å²) >= 11 is 5.46. The zero-order valence-electron chi connectivity index (χ0n) is 9.91. The number of halogens is 1. The fourth-order valence-corrected chi connectivity index (χ4v) is 1.42. The molecule has 0 bridgehead atoms. The first-order valence-electron chi connectivity index (χ1n) is 5.57. The van der Waals surface area contributed by atoms with E-state index in [-0.39, 0.29) is 5.91 Å². The van der Waals surface area contributed by atoms with Crippen LogP contribution in [-0.2, 0) is 4.74 Å². The second kappa shape index (κ2) is 8.03. The summed E-state index contributed by atoms with van der Waals surface area (Å²) in [6.45, 7) is 3.66. The average molecular weight is 257 g/mol. The van der Waals surface area contributed by atoms with Gasteiger partial charge in [0.25, 0.3) is 5.91 Å². The highest BCUT2D eigenvalue weighted by atomic mass is 35.5. The number of aromatic nitrogens is 1. The molecular weight excluding hydrogens is 240 g/mol. The molecule has 0 fully saturated rings. The summed E-state index contributed by atoms with van der Waals surface area (Å²) in [5.41, 5.74) is 1.56. The van der Waals surface area contributed by atoms with E-state index < -0.39 is 0 Å². The van der Waals surface area contributed by atoms with Gasteiger partial charge in [-0.25, -0.2) is 0 Å². The van der Waals surface area contributed by atoms with Gasteiger partial charge in [0, 0.05) is 31.4 Å². The number of nitrogens with zero attached hydrogens (tertiary/aromatic N) is 1. The first kappa shape index (κ1) is 13.9. The molecule has 94 valence electrons. The zero-order chi connectivity index (χ0) is 12.5. The monoisotopic (exact) mass is 256 g/mol. The number of hydrogen-bond acceptors (Lipinski definition) is 3. The normalized spacial score (nSPS) is 10.2. The van der Waals surface area contributed by atoms with Crippen LogP contribution >= 0.6 is 11.6 Å². The number of hydrogen-bond donors (Lipinski definition) is 1. The summed E-state index contributed by atoms with van der Waals surface area (Å²) in [6, 6.07) is 1.81. The minimum atomic E-state index is -0.0986. The van der Waals surface area contributed by atoms with E-state index in [0.29, 0.717) is 31.2 Å². The molecule has 0 unspecified atom stereocenters. The molecule has 4 nitrogen and oxygen atoms in total. The molecule has 0 aliphatic heterocycles. The van der Waals surface area contributed by atoms with Gasteiger partial charge in [0.15, 0.2) is 0 Å². The van der Waals surface area contributed by atoms with E-state index in [2.05, 4.69) is 10.3 Å². The van der Waals surface area contributed by atoms with Crippen molar-refractivity contribution < 1.29 is 9.53 Å². The second-order valence-electron chi connectivity index (χ2n) is 3.66. The molecule has 0 atom stereocenters. The molecule has 0 spiro atoms. The largest absolute Gasteiger partial charge is 0.380 e. The Kier molecular flexibility index (Phi) is 6.58. The summed E-state index contributed by atoms with van der Waals surface area (Å²) in [7, 11) is 0. The lowest BCUT2D eigenvalue weighted by Crippen LogP contribution is -2.25. The molecule has 0 radical (unpaired) electrons. The lowest BCUT2D eigenvalue weighted by Gasteiger charge is -2.05. The van der Waals surface area contributed by atoms with Crippen LogP contribution in [0.2, 0.25) is 0 Å². The molecule has 0 saturated heterocycles. The lowest BCUT2D eigenvalue weighted by molar-refractivity contribution is 0.0944. The van der Waals surface area contributed by atoms with Gasteiger partial charge in [-0.05, 0) is 25.0 Å². The Labute approximate surface area is 106 Å². The van der Waals surface area contributed by atoms with Crippen LogP contribution in [0.1, 0.15) is 22.3 Å². The fourth-order valence-electron chi connectivity index (χ4n) is 1.31. The Morgan fingerprint density at radius 1 is 1.47 bits per heavy atom. The van der Waals surface area contributed by atoms with Crippen LogP contribution in [-0.4, -0.2) is 36.5 Å². The topological polar surface area (TPSA) is 51.2 Å². The number of nitrogens with one attached hydrogen (secondary N) is 1. The highest BCUT2D eigenvalue weighted by Gasteiger charge is 2.04. The van der Waals surface area contributed by atoms with Gasteiger partial charge in [0.2, 0.25) is 0 Å². The number of carbonyl (C=O) groups is 1. The van der Waals surface area contributed by atoms with Gasteiger partial charge in [-0.15, -0.1) is 11.6 Å². The predicted molar refractivity (Wildman–Crippen MR) is 67.5 cm³/mol. The van der Waals surface area contributed by atoms with Crippen LogP contribution in [0.4, 0.5) is 0 Å². The smallest absolute Gasteiger partial charge is 0.252 e. The Bertz CT molecular complexity index is 358. The Balaban J connectivity index is 2.21. The van der Waals surface area contributed by atoms with E-state index in [0.717, 1.165) is 12.0 Å². The van der Waals surface area contributed by atoms with E-state index in [4.69, 9.17) is 16.3 Å². The van der Waals surface area contributed by atoms with Crippen LogP contribution in [0.15, 0.2) is 18.5 Å². The van der Waals surface area contributed by atoms with Crippen LogP contribution in [0.25, 0.3) is 0 Å². The van der Waals surface area contributed by atoms with Crippen molar-refractivity contribution in [2.75, 3.05) is 25.6 Å². The number of rotatable bonds is 7. The SMILES string of the molecule is Cc1cncc(C(=O)NCCCOCCCl)c1. The molecule has 0 aliphatic rings. The fraction of sp³-hybridized carbons (Fsp3) is 0.500. The van der Waals surface area contributed by atoms with Gasteiger partial charge in [-0.1, -0.05) is 0 Å². The molecule has 1 N–H and O–H groups in total. The Morgan fingerprint density at radius 3 is 3.00 bits per heavy atom. The summed E-state index contributed by atoms with van der Waals surface area (Å²) in [5.74, 6) is 0.403. The molecule has 1 aromatic heterocycles. The van der Waals surface area contributed by atoms with E-state index in [9.17, 15) is 4.79 Å². The van der Waals surface area contributed by atoms with Crippen molar-refractivity contribution in [1.29, 1.82) is 0 Å². The molecule has 1 aromatic rings. The van der Waals surface area contributed by atoms with Crippen molar-refractivity contribution in [3.63, 3.8) is 0 Å². The van der Waals surface area contributed by atoms with Crippen LogP contribution < -0.4 is 5.32 Å². The third kappa shape index (κ3) is 5.65. The van der Waals surface area contributed by atoms with Gasteiger partial charge >= 0.3 is 0 Å². The quantitative estimate of drug-likeness (QED) is 0.598. The van der Waals surface area contributed by atoms with Gasteiger partial charge < -0.3 is 10.1 Å². The highest BCUT2D eigenvalue weighted by Crippen LogP contribution is 2.00. The molecule has 0 aliphatic carbocycles. The van der Waals surface area contributed by atoms with Gasteiger partial charge in [-0.3, -0.25) is 9.78 Å². The number of carbonyl (C=O) groups excluding carboxylic acids is 1. The molecule has 17 heavy (non-hydrogen) atoms. The van der Waals surface area contributed by atoms with E-state index in [1.54, 1.807) is 12.4 Å². The molecule has 1 amide bonds. The second-order valence-corrected chi connectivity index (χ2v) is 4.04. The van der Waals surface area contributed by atoms with E-state index in [1.807, 2.05) is 13.0 Å². The third-order valence-electron chi connectivity index (χ3n) is 2.11. The zero-order valence-corrected chi connectivity index (χ0v) is 10.7. The maximum absolute atomic E-state index is 11.7. The number of amides is 1. The summed E-state index contributed by atoms with van der Waals surface area (Å²) < 4.78 is 5.19. The van der Waals surface area contributed by atoms with Crippen molar-refractivity contribution in [2.24, 2.45) is 0 Å². The van der Waals surface area contributed by atoms with Gasteiger partial charge in [-0.2, -0.15) is 0 Å². The van der Waals surface area contributed by atoms with E-state index >= 15 is 0 Å². The van der Waals surface area contributed by atoms with E-state index in [1.165, 1.54) is 0 Å². The number of alkyl halides is 1. The summed E-state index contributed by atoms with van der Waals surface area (Å²) in [6.07, 6.45) is 4.06. The summed E-state index contributed by atoms with van der Waals surface area (Å²) in [5, 5.41) is 2.81. The Hall–Kier alpha value is -1.13. The number of pyridine rings is 1. The first-order valence-corrected chi connectivity index (χ1v) is 6.11. The third-order valence-corrected chi connectivity index (χ3v) is 2.26. The molecule has 5 heteroatoms. The van der Waals surface area contributed by atoms with Crippen molar-refractivity contribution in [1.82, 2.24) is 10.3 Å². The van der Waals surface area contributed by atoms with Crippen molar-refractivity contribution in [3.8, 4) is 0 Å². The highest BCUT2D eigenvalue weighted by molar-refractivity contribution is 6.17.